The lowest BCUT2D eigenvalue weighted by molar-refractivity contribution is 0.0455. The molecule has 2 saturated heterocycles. The van der Waals surface area contributed by atoms with Gasteiger partial charge in [0.2, 0.25) is 0 Å². The number of hydrogen-bond acceptors (Lipinski definition) is 7. The molecule has 0 unspecified atom stereocenters. The Kier molecular flexibility index (Phi) is 8.65. The highest BCUT2D eigenvalue weighted by atomic mass is 19.1. The Hall–Kier alpha value is -2.60. The lowest BCUT2D eigenvalue weighted by atomic mass is 9.82. The molecule has 0 spiro atoms. The highest BCUT2D eigenvalue weighted by molar-refractivity contribution is 5.62. The SMILES string of the molecule is N#CC1(CNc2cccc(-c3cc(CC4CCC(NC[C@H]5CCCO5)CC4)ncc3F)n2)CCOCC1. The van der Waals surface area contributed by atoms with Crippen molar-refractivity contribution < 1.29 is 13.9 Å². The molecule has 2 N–H and O–H groups in total. The van der Waals surface area contributed by atoms with Gasteiger partial charge in [0.25, 0.3) is 0 Å². The molecule has 2 aromatic rings. The third-order valence-corrected chi connectivity index (χ3v) is 8.23. The van der Waals surface area contributed by atoms with E-state index in [0.29, 0.717) is 67.7 Å². The van der Waals surface area contributed by atoms with Crippen LogP contribution in [0.15, 0.2) is 30.5 Å². The van der Waals surface area contributed by atoms with E-state index >= 15 is 0 Å². The molecule has 2 aromatic heterocycles. The number of rotatable bonds is 9. The Labute approximate surface area is 219 Å². The minimum absolute atomic E-state index is 0.367. The number of nitrogens with one attached hydrogen (secondary N) is 2. The van der Waals surface area contributed by atoms with E-state index in [1.54, 1.807) is 0 Å². The first-order valence-electron chi connectivity index (χ1n) is 13.8. The van der Waals surface area contributed by atoms with Gasteiger partial charge >= 0.3 is 0 Å². The number of anilines is 1. The van der Waals surface area contributed by atoms with Crippen molar-refractivity contribution in [3.05, 3.63) is 42.0 Å². The van der Waals surface area contributed by atoms with Crippen LogP contribution in [-0.2, 0) is 15.9 Å². The number of pyridine rings is 2. The minimum Gasteiger partial charge on any atom is -0.381 e. The topological polar surface area (TPSA) is 92.1 Å². The van der Waals surface area contributed by atoms with Crippen LogP contribution >= 0.6 is 0 Å². The summed E-state index contributed by atoms with van der Waals surface area (Å²) in [5, 5.41) is 16.7. The minimum atomic E-state index is -0.455. The molecular weight excluding hydrogens is 469 g/mol. The standard InChI is InChI=1S/C29H38FN5O2/c30-26-18-33-23(15-21-6-8-22(9-7-21)32-17-24-3-2-12-37-24)16-25(26)27-4-1-5-28(35-27)34-20-29(19-31)10-13-36-14-11-29/h1,4-5,16,18,21-22,24,32H,2-3,6-15,17,20H2,(H,34,35)/t21?,22?,24-/m1/s1. The number of hydrogen-bond donors (Lipinski definition) is 2. The quantitative estimate of drug-likeness (QED) is 0.500. The molecule has 3 aliphatic rings. The summed E-state index contributed by atoms with van der Waals surface area (Å²) >= 11 is 0. The van der Waals surface area contributed by atoms with Gasteiger partial charge in [0.1, 0.15) is 5.82 Å². The van der Waals surface area contributed by atoms with Crippen LogP contribution in [0.5, 0.6) is 0 Å². The molecule has 2 aliphatic heterocycles. The van der Waals surface area contributed by atoms with Crippen molar-refractivity contribution >= 4 is 5.82 Å². The van der Waals surface area contributed by atoms with Crippen LogP contribution in [0.3, 0.4) is 0 Å². The highest BCUT2D eigenvalue weighted by Gasteiger charge is 2.32. The molecule has 0 bridgehead atoms. The van der Waals surface area contributed by atoms with Crippen molar-refractivity contribution in [1.29, 1.82) is 5.26 Å². The fourth-order valence-electron chi connectivity index (χ4n) is 5.79. The van der Waals surface area contributed by atoms with Crippen molar-refractivity contribution in [2.75, 3.05) is 38.2 Å². The van der Waals surface area contributed by atoms with Gasteiger partial charge in [-0.1, -0.05) is 6.07 Å². The molecule has 8 heteroatoms. The molecule has 1 saturated carbocycles. The molecule has 1 aliphatic carbocycles. The number of halogens is 1. The van der Waals surface area contributed by atoms with Gasteiger partial charge in [-0.2, -0.15) is 5.26 Å². The average molecular weight is 508 g/mol. The largest absolute Gasteiger partial charge is 0.381 e. The highest BCUT2D eigenvalue weighted by Crippen LogP contribution is 2.31. The molecule has 0 amide bonds. The van der Waals surface area contributed by atoms with Crippen molar-refractivity contribution in [2.45, 2.75) is 69.9 Å². The van der Waals surface area contributed by atoms with Crippen LogP contribution < -0.4 is 10.6 Å². The summed E-state index contributed by atoms with van der Waals surface area (Å²) in [6, 6.07) is 10.5. The van der Waals surface area contributed by atoms with Crippen LogP contribution in [0.1, 0.15) is 57.1 Å². The predicted octanol–water partition coefficient (Wildman–Crippen LogP) is 4.88. The molecule has 1 atom stereocenters. The Morgan fingerprint density at radius 1 is 1.11 bits per heavy atom. The second kappa shape index (κ2) is 12.3. The Balaban J connectivity index is 1.17. The predicted molar refractivity (Wildman–Crippen MR) is 140 cm³/mol. The fourth-order valence-corrected chi connectivity index (χ4v) is 5.79. The lowest BCUT2D eigenvalue weighted by Crippen LogP contribution is -2.38. The van der Waals surface area contributed by atoms with Gasteiger partial charge in [0.15, 0.2) is 5.82 Å². The maximum Gasteiger partial charge on any atom is 0.150 e. The Morgan fingerprint density at radius 2 is 1.95 bits per heavy atom. The summed E-state index contributed by atoms with van der Waals surface area (Å²) < 4.78 is 26.0. The van der Waals surface area contributed by atoms with Crippen molar-refractivity contribution in [2.24, 2.45) is 11.3 Å². The van der Waals surface area contributed by atoms with Crippen LogP contribution in [0, 0.1) is 28.5 Å². The number of nitrogens with zero attached hydrogens (tertiary/aromatic N) is 3. The summed E-state index contributed by atoms with van der Waals surface area (Å²) in [4.78, 5) is 9.07. The summed E-state index contributed by atoms with van der Waals surface area (Å²) in [6.45, 7) is 3.56. The zero-order chi connectivity index (χ0) is 25.5. The lowest BCUT2D eigenvalue weighted by Gasteiger charge is -2.30. The number of ether oxygens (including phenoxy) is 2. The van der Waals surface area contributed by atoms with Crippen molar-refractivity contribution in [3.8, 4) is 17.3 Å². The summed E-state index contributed by atoms with van der Waals surface area (Å²) in [6.07, 6.45) is 11.0. The first-order chi connectivity index (χ1) is 18.1. The molecule has 4 heterocycles. The molecule has 5 rings (SSSR count). The van der Waals surface area contributed by atoms with E-state index in [9.17, 15) is 9.65 Å². The van der Waals surface area contributed by atoms with Gasteiger partial charge in [0.05, 0.1) is 29.5 Å². The van der Waals surface area contributed by atoms with Crippen LogP contribution in [0.2, 0.25) is 0 Å². The van der Waals surface area contributed by atoms with Gasteiger partial charge in [-0.05, 0) is 81.9 Å². The van der Waals surface area contributed by atoms with E-state index in [1.165, 1.54) is 19.0 Å². The molecule has 7 nitrogen and oxygen atoms in total. The maximum atomic E-state index is 14.8. The first kappa shape index (κ1) is 26.0. The van der Waals surface area contributed by atoms with E-state index in [-0.39, 0.29) is 5.82 Å². The van der Waals surface area contributed by atoms with Crippen molar-refractivity contribution in [3.63, 3.8) is 0 Å². The van der Waals surface area contributed by atoms with Crippen molar-refractivity contribution in [1.82, 2.24) is 15.3 Å². The molecule has 0 aromatic carbocycles. The van der Waals surface area contributed by atoms with Crippen LogP contribution in [0.4, 0.5) is 10.2 Å². The van der Waals surface area contributed by atoms with E-state index in [1.807, 2.05) is 24.3 Å². The molecular formula is C29H38FN5O2. The van der Waals surface area contributed by atoms with E-state index in [2.05, 4.69) is 26.7 Å². The van der Waals surface area contributed by atoms with Gasteiger partial charge < -0.3 is 20.1 Å². The van der Waals surface area contributed by atoms with E-state index < -0.39 is 5.41 Å². The van der Waals surface area contributed by atoms with Gasteiger partial charge in [-0.15, -0.1) is 0 Å². The van der Waals surface area contributed by atoms with Gasteiger partial charge in [-0.3, -0.25) is 4.98 Å². The van der Waals surface area contributed by atoms with E-state index in [4.69, 9.17) is 9.47 Å². The smallest absolute Gasteiger partial charge is 0.150 e. The second-order valence-corrected chi connectivity index (χ2v) is 10.9. The van der Waals surface area contributed by atoms with Gasteiger partial charge in [-0.25, -0.2) is 9.37 Å². The van der Waals surface area contributed by atoms with Crippen LogP contribution in [0.25, 0.3) is 11.3 Å². The Bertz CT molecular complexity index is 1070. The second-order valence-electron chi connectivity index (χ2n) is 10.9. The average Bonchev–Trinajstić information content (AvgIpc) is 3.47. The first-order valence-corrected chi connectivity index (χ1v) is 13.8. The Morgan fingerprint density at radius 3 is 2.70 bits per heavy atom. The summed E-state index contributed by atoms with van der Waals surface area (Å²) in [7, 11) is 0. The number of aromatic nitrogens is 2. The van der Waals surface area contributed by atoms with Gasteiger partial charge in [0, 0.05) is 50.2 Å². The van der Waals surface area contributed by atoms with E-state index in [0.717, 1.165) is 50.9 Å². The monoisotopic (exact) mass is 507 g/mol. The summed E-state index contributed by atoms with van der Waals surface area (Å²) in [5.74, 6) is 0.841. The number of nitriles is 1. The maximum absolute atomic E-state index is 14.8. The molecule has 0 radical (unpaired) electrons. The summed E-state index contributed by atoms with van der Waals surface area (Å²) in [5.41, 5.74) is 1.51. The third kappa shape index (κ3) is 6.84. The zero-order valence-electron chi connectivity index (χ0n) is 21.6. The molecule has 3 fully saturated rings. The zero-order valence-corrected chi connectivity index (χ0v) is 21.6. The third-order valence-electron chi connectivity index (χ3n) is 8.23. The fraction of sp³-hybridized carbons (Fsp3) is 0.621. The van der Waals surface area contributed by atoms with Crippen LogP contribution in [-0.4, -0.2) is 55.0 Å². The molecule has 37 heavy (non-hydrogen) atoms. The normalized spacial score (nSPS) is 25.5. The molecule has 198 valence electrons.